The van der Waals surface area contributed by atoms with Crippen molar-refractivity contribution in [1.29, 1.82) is 0 Å². The SMILES string of the molecule is Cc1ncc(C(F)O[P+](=O)O)c(CO)c1O. The van der Waals surface area contributed by atoms with Crippen LogP contribution in [0.3, 0.4) is 0 Å². The lowest BCUT2D eigenvalue weighted by atomic mass is 10.1. The number of aromatic hydroxyl groups is 1. The third-order valence-corrected chi connectivity index (χ3v) is 2.33. The van der Waals surface area contributed by atoms with E-state index >= 15 is 0 Å². The van der Waals surface area contributed by atoms with Gasteiger partial charge in [-0.15, -0.1) is 4.89 Å². The van der Waals surface area contributed by atoms with Crippen LogP contribution >= 0.6 is 8.25 Å². The molecule has 88 valence electrons. The van der Waals surface area contributed by atoms with Crippen LogP contribution in [0.5, 0.6) is 5.75 Å². The van der Waals surface area contributed by atoms with Crippen molar-refractivity contribution in [3.63, 3.8) is 0 Å². The molecule has 0 aliphatic carbocycles. The van der Waals surface area contributed by atoms with Crippen LogP contribution in [-0.2, 0) is 15.7 Å². The van der Waals surface area contributed by atoms with Gasteiger partial charge in [0, 0.05) is 21.9 Å². The van der Waals surface area contributed by atoms with Gasteiger partial charge >= 0.3 is 8.25 Å². The Morgan fingerprint density at radius 3 is 2.81 bits per heavy atom. The number of nitrogens with zero attached hydrogens (tertiary/aromatic N) is 1. The van der Waals surface area contributed by atoms with E-state index in [0.717, 1.165) is 6.20 Å². The summed E-state index contributed by atoms with van der Waals surface area (Å²) in [5.74, 6) is -0.362. The highest BCUT2D eigenvalue weighted by Crippen LogP contribution is 2.35. The molecule has 0 aliphatic rings. The number of aliphatic hydroxyl groups excluding tert-OH is 1. The molecule has 1 heterocycles. The average molecular weight is 250 g/mol. The first-order valence-electron chi connectivity index (χ1n) is 4.22. The maximum absolute atomic E-state index is 13.3. The molecule has 16 heavy (non-hydrogen) atoms. The van der Waals surface area contributed by atoms with Gasteiger partial charge in [0.1, 0.15) is 5.75 Å². The summed E-state index contributed by atoms with van der Waals surface area (Å²) >= 11 is 0. The van der Waals surface area contributed by atoms with Crippen molar-refractivity contribution >= 4 is 8.25 Å². The summed E-state index contributed by atoms with van der Waals surface area (Å²) in [6, 6.07) is 0. The minimum absolute atomic E-state index is 0.114. The van der Waals surface area contributed by atoms with Gasteiger partial charge in [0.15, 0.2) is 0 Å². The summed E-state index contributed by atoms with van der Waals surface area (Å²) in [6.45, 7) is 0.843. The minimum Gasteiger partial charge on any atom is -0.506 e. The van der Waals surface area contributed by atoms with E-state index in [1.54, 1.807) is 0 Å². The molecule has 2 unspecified atom stereocenters. The zero-order chi connectivity index (χ0) is 12.3. The van der Waals surface area contributed by atoms with Crippen molar-refractivity contribution in [2.75, 3.05) is 0 Å². The van der Waals surface area contributed by atoms with E-state index in [4.69, 9.17) is 10.00 Å². The fourth-order valence-electron chi connectivity index (χ4n) is 1.16. The molecule has 3 N–H and O–H groups in total. The van der Waals surface area contributed by atoms with Crippen LogP contribution in [0.15, 0.2) is 6.20 Å². The molecule has 1 aromatic rings. The Morgan fingerprint density at radius 1 is 1.69 bits per heavy atom. The molecule has 2 atom stereocenters. The molecule has 1 rings (SSSR count). The van der Waals surface area contributed by atoms with Gasteiger partial charge in [0.25, 0.3) is 6.36 Å². The first-order valence-corrected chi connectivity index (χ1v) is 5.35. The van der Waals surface area contributed by atoms with Gasteiger partial charge in [-0.05, 0) is 6.92 Å². The Balaban J connectivity index is 3.13. The van der Waals surface area contributed by atoms with Crippen LogP contribution in [0.2, 0.25) is 0 Å². The van der Waals surface area contributed by atoms with Crippen LogP contribution in [0.1, 0.15) is 23.2 Å². The van der Waals surface area contributed by atoms with Crippen LogP contribution in [0.4, 0.5) is 4.39 Å². The third-order valence-electron chi connectivity index (χ3n) is 1.96. The van der Waals surface area contributed by atoms with Gasteiger partial charge in [0.05, 0.1) is 12.3 Å². The van der Waals surface area contributed by atoms with Crippen molar-refractivity contribution in [2.24, 2.45) is 0 Å². The molecule has 0 spiro atoms. The maximum Gasteiger partial charge on any atom is 0.698 e. The number of aromatic nitrogens is 1. The molecule has 6 nitrogen and oxygen atoms in total. The molecular formula is C8H10FNO5P+. The first-order chi connectivity index (χ1) is 7.47. The quantitative estimate of drug-likeness (QED) is 0.695. The third kappa shape index (κ3) is 2.70. The molecule has 0 aromatic carbocycles. The smallest absolute Gasteiger partial charge is 0.506 e. The fraction of sp³-hybridized carbons (Fsp3) is 0.375. The molecule has 0 radical (unpaired) electrons. The zero-order valence-corrected chi connectivity index (χ0v) is 9.19. The monoisotopic (exact) mass is 250 g/mol. The number of hydrogen-bond donors (Lipinski definition) is 3. The molecular weight excluding hydrogens is 240 g/mol. The number of aryl methyl sites for hydroxylation is 1. The molecule has 1 aromatic heterocycles. The number of hydrogen-bond acceptors (Lipinski definition) is 5. The summed E-state index contributed by atoms with van der Waals surface area (Å²) in [5, 5.41) is 18.4. The van der Waals surface area contributed by atoms with E-state index in [0.29, 0.717) is 0 Å². The van der Waals surface area contributed by atoms with Gasteiger partial charge in [-0.3, -0.25) is 4.98 Å². The predicted octanol–water partition coefficient (Wildman–Crippen LogP) is 1.22. The second kappa shape index (κ2) is 5.27. The lowest BCUT2D eigenvalue weighted by Gasteiger charge is -2.10. The molecule has 0 aliphatic heterocycles. The molecule has 0 fully saturated rings. The number of halogens is 1. The summed E-state index contributed by atoms with van der Waals surface area (Å²) < 4.78 is 27.6. The number of alkyl halides is 1. The van der Waals surface area contributed by atoms with Crippen molar-refractivity contribution in [3.05, 3.63) is 23.0 Å². The molecule has 0 bridgehead atoms. The molecule has 8 heteroatoms. The number of aliphatic hydroxyl groups is 1. The number of rotatable bonds is 4. The Kier molecular flexibility index (Phi) is 4.26. The molecule has 0 saturated heterocycles. The zero-order valence-electron chi connectivity index (χ0n) is 8.29. The van der Waals surface area contributed by atoms with Crippen molar-refractivity contribution in [1.82, 2.24) is 4.98 Å². The van der Waals surface area contributed by atoms with Crippen LogP contribution < -0.4 is 0 Å². The van der Waals surface area contributed by atoms with E-state index < -0.39 is 21.2 Å². The Bertz CT molecular complexity index is 414. The standard InChI is InChI=1S/C8H9FNO5P/c1-4-7(12)6(3-11)5(2-10-4)8(9)15-16(13)14/h2,8,11H,3H2,1H3,(H-,12,13,14)/p+1. The Labute approximate surface area is 91.3 Å². The van der Waals surface area contributed by atoms with Crippen LogP contribution in [-0.4, -0.2) is 20.1 Å². The van der Waals surface area contributed by atoms with E-state index in [1.807, 2.05) is 0 Å². The van der Waals surface area contributed by atoms with Crippen molar-refractivity contribution < 1.29 is 28.6 Å². The normalized spacial score (nSPS) is 13.6. The number of pyridine rings is 1. The first kappa shape index (κ1) is 12.9. The van der Waals surface area contributed by atoms with Gasteiger partial charge in [-0.1, -0.05) is 4.52 Å². The maximum atomic E-state index is 13.3. The Morgan fingerprint density at radius 2 is 2.31 bits per heavy atom. The summed E-state index contributed by atoms with van der Waals surface area (Å²) in [4.78, 5) is 12.0. The summed E-state index contributed by atoms with van der Waals surface area (Å²) in [6.07, 6.45) is -1.20. The lowest BCUT2D eigenvalue weighted by Crippen LogP contribution is -2.02. The highest BCUT2D eigenvalue weighted by atomic mass is 31.1. The highest BCUT2D eigenvalue weighted by Gasteiger charge is 2.28. The van der Waals surface area contributed by atoms with Gasteiger partial charge in [-0.25, -0.2) is 4.39 Å². The second-order valence-corrected chi connectivity index (χ2v) is 3.63. The van der Waals surface area contributed by atoms with E-state index in [1.165, 1.54) is 6.92 Å². The predicted molar refractivity (Wildman–Crippen MR) is 51.3 cm³/mol. The van der Waals surface area contributed by atoms with E-state index in [9.17, 15) is 14.1 Å². The van der Waals surface area contributed by atoms with Crippen LogP contribution in [0, 0.1) is 6.92 Å². The van der Waals surface area contributed by atoms with Crippen molar-refractivity contribution in [2.45, 2.75) is 19.9 Å². The van der Waals surface area contributed by atoms with Crippen LogP contribution in [0.25, 0.3) is 0 Å². The van der Waals surface area contributed by atoms with Gasteiger partial charge < -0.3 is 10.2 Å². The fourth-order valence-corrected chi connectivity index (χ4v) is 1.43. The minimum atomic E-state index is -3.11. The van der Waals surface area contributed by atoms with E-state index in [2.05, 4.69) is 9.51 Å². The Hall–Kier alpha value is -1.14. The average Bonchev–Trinajstić information content (AvgIpc) is 2.20. The van der Waals surface area contributed by atoms with E-state index in [-0.39, 0.29) is 22.6 Å². The molecule has 0 amide bonds. The van der Waals surface area contributed by atoms with Crippen molar-refractivity contribution in [3.8, 4) is 5.75 Å². The second-order valence-electron chi connectivity index (χ2n) is 2.94. The largest absolute Gasteiger partial charge is 0.698 e. The van der Waals surface area contributed by atoms with Gasteiger partial charge in [-0.2, -0.15) is 0 Å². The summed E-state index contributed by atoms with van der Waals surface area (Å²) in [5.41, 5.74) is -0.173. The lowest BCUT2D eigenvalue weighted by molar-refractivity contribution is 0.0607. The van der Waals surface area contributed by atoms with Gasteiger partial charge in [0.2, 0.25) is 0 Å². The highest BCUT2D eigenvalue weighted by molar-refractivity contribution is 7.32. The topological polar surface area (TPSA) is 99.9 Å². The summed E-state index contributed by atoms with van der Waals surface area (Å²) in [7, 11) is -3.11. The molecule has 0 saturated carbocycles.